The van der Waals surface area contributed by atoms with Crippen molar-refractivity contribution in [2.45, 2.75) is 33.9 Å². The van der Waals surface area contributed by atoms with Gasteiger partial charge in [0.05, 0.1) is 24.4 Å². The summed E-state index contributed by atoms with van der Waals surface area (Å²) in [4.78, 5) is 12.4. The molecule has 2 rings (SSSR count). The van der Waals surface area contributed by atoms with E-state index in [1.165, 1.54) is 10.4 Å². The minimum atomic E-state index is 0.659. The number of nitrogens with zero attached hydrogens (tertiary/aromatic N) is 3. The number of benzene rings is 1. The first kappa shape index (κ1) is 18.3. The van der Waals surface area contributed by atoms with Crippen molar-refractivity contribution in [2.24, 2.45) is 4.99 Å². The highest BCUT2D eigenvalue weighted by Gasteiger charge is 2.08. The van der Waals surface area contributed by atoms with Crippen molar-refractivity contribution < 1.29 is 4.74 Å². The molecule has 5 nitrogen and oxygen atoms in total. The van der Waals surface area contributed by atoms with Crippen molar-refractivity contribution in [3.05, 3.63) is 45.9 Å². The van der Waals surface area contributed by atoms with E-state index in [0.717, 1.165) is 30.5 Å². The van der Waals surface area contributed by atoms with Crippen LogP contribution in [-0.2, 0) is 13.1 Å². The lowest BCUT2D eigenvalue weighted by molar-refractivity contribution is 0.340. The van der Waals surface area contributed by atoms with Crippen LogP contribution >= 0.6 is 11.3 Å². The summed E-state index contributed by atoms with van der Waals surface area (Å²) < 4.78 is 5.49. The molecule has 130 valence electrons. The molecule has 0 bridgehead atoms. The van der Waals surface area contributed by atoms with Crippen LogP contribution in [0.3, 0.4) is 0 Å². The number of guanidine groups is 1. The molecule has 1 heterocycles. The molecule has 1 aromatic heterocycles. The van der Waals surface area contributed by atoms with E-state index < -0.39 is 0 Å². The van der Waals surface area contributed by atoms with Gasteiger partial charge in [0.25, 0.3) is 0 Å². The van der Waals surface area contributed by atoms with Crippen LogP contribution in [0.25, 0.3) is 0 Å². The van der Waals surface area contributed by atoms with Crippen molar-refractivity contribution >= 4 is 17.3 Å². The van der Waals surface area contributed by atoms with Gasteiger partial charge in [-0.1, -0.05) is 12.1 Å². The van der Waals surface area contributed by atoms with Crippen molar-refractivity contribution in [3.63, 3.8) is 0 Å². The van der Waals surface area contributed by atoms with E-state index in [1.807, 2.05) is 31.5 Å². The summed E-state index contributed by atoms with van der Waals surface area (Å²) in [5.41, 5.74) is 4.16. The molecule has 0 radical (unpaired) electrons. The molecule has 0 aliphatic rings. The highest BCUT2D eigenvalue weighted by molar-refractivity contribution is 7.09. The molecule has 0 atom stereocenters. The van der Waals surface area contributed by atoms with Crippen LogP contribution in [0.4, 0.5) is 0 Å². The van der Waals surface area contributed by atoms with Gasteiger partial charge in [0, 0.05) is 25.0 Å². The Kier molecular flexibility index (Phi) is 7.06. The SMILES string of the molecule is CCNC(=NCc1scnc1C)N(C)Cc1ccc(OCC)cc1. The van der Waals surface area contributed by atoms with Gasteiger partial charge in [0.2, 0.25) is 0 Å². The second kappa shape index (κ2) is 9.27. The summed E-state index contributed by atoms with van der Waals surface area (Å²) in [6, 6.07) is 8.21. The largest absolute Gasteiger partial charge is 0.494 e. The normalized spacial score (nSPS) is 11.4. The summed E-state index contributed by atoms with van der Waals surface area (Å²) in [7, 11) is 2.05. The van der Waals surface area contributed by atoms with Gasteiger partial charge in [-0.15, -0.1) is 11.3 Å². The third kappa shape index (κ3) is 5.23. The summed E-state index contributed by atoms with van der Waals surface area (Å²) in [5.74, 6) is 1.81. The van der Waals surface area contributed by atoms with Crippen LogP contribution in [-0.4, -0.2) is 36.0 Å². The van der Waals surface area contributed by atoms with Gasteiger partial charge in [0.15, 0.2) is 5.96 Å². The zero-order valence-corrected chi connectivity index (χ0v) is 15.7. The van der Waals surface area contributed by atoms with Gasteiger partial charge < -0.3 is 15.0 Å². The molecule has 0 spiro atoms. The van der Waals surface area contributed by atoms with Crippen molar-refractivity contribution in [1.82, 2.24) is 15.2 Å². The third-order valence-electron chi connectivity index (χ3n) is 3.57. The predicted octanol–water partition coefficient (Wildman–Crippen LogP) is 3.45. The summed E-state index contributed by atoms with van der Waals surface area (Å²) in [6.07, 6.45) is 0. The Hall–Kier alpha value is -2.08. The Morgan fingerprint density at radius 1 is 1.29 bits per heavy atom. The van der Waals surface area contributed by atoms with E-state index in [-0.39, 0.29) is 0 Å². The quantitative estimate of drug-likeness (QED) is 0.616. The molecule has 1 aromatic carbocycles. The van der Waals surface area contributed by atoms with Gasteiger partial charge in [-0.05, 0) is 38.5 Å². The van der Waals surface area contributed by atoms with Gasteiger partial charge in [-0.2, -0.15) is 0 Å². The van der Waals surface area contributed by atoms with Crippen LogP contribution in [0.15, 0.2) is 34.8 Å². The number of thiazole rings is 1. The number of aliphatic imine (C=N–C) groups is 1. The second-order valence-electron chi connectivity index (χ2n) is 5.46. The number of ether oxygens (including phenoxy) is 1. The summed E-state index contributed by atoms with van der Waals surface area (Å²) in [6.45, 7) is 9.08. The topological polar surface area (TPSA) is 49.8 Å². The molecule has 24 heavy (non-hydrogen) atoms. The molecule has 0 aliphatic carbocycles. The highest BCUT2D eigenvalue weighted by Crippen LogP contribution is 2.15. The summed E-state index contributed by atoms with van der Waals surface area (Å²) in [5, 5.41) is 3.35. The Morgan fingerprint density at radius 2 is 2.04 bits per heavy atom. The fraction of sp³-hybridized carbons (Fsp3) is 0.444. The molecule has 0 aliphatic heterocycles. The molecule has 0 unspecified atom stereocenters. The van der Waals surface area contributed by atoms with Crippen molar-refractivity contribution in [3.8, 4) is 5.75 Å². The van der Waals surface area contributed by atoms with E-state index in [4.69, 9.17) is 9.73 Å². The lowest BCUT2D eigenvalue weighted by Crippen LogP contribution is -2.38. The van der Waals surface area contributed by atoms with E-state index >= 15 is 0 Å². The van der Waals surface area contributed by atoms with Crippen LogP contribution < -0.4 is 10.1 Å². The van der Waals surface area contributed by atoms with E-state index in [2.05, 4.69) is 41.3 Å². The molecular weight excluding hydrogens is 320 g/mol. The van der Waals surface area contributed by atoms with E-state index in [1.54, 1.807) is 11.3 Å². The fourth-order valence-electron chi connectivity index (χ4n) is 2.30. The molecule has 0 amide bonds. The lowest BCUT2D eigenvalue weighted by Gasteiger charge is -2.22. The van der Waals surface area contributed by atoms with Crippen LogP contribution in [0, 0.1) is 6.92 Å². The number of aryl methyl sites for hydroxylation is 1. The van der Waals surface area contributed by atoms with E-state index in [0.29, 0.717) is 13.2 Å². The first-order chi connectivity index (χ1) is 11.6. The van der Waals surface area contributed by atoms with Gasteiger partial charge in [0.1, 0.15) is 5.75 Å². The number of aromatic nitrogens is 1. The van der Waals surface area contributed by atoms with Gasteiger partial charge in [-0.3, -0.25) is 0 Å². The second-order valence-corrected chi connectivity index (χ2v) is 6.40. The highest BCUT2D eigenvalue weighted by atomic mass is 32.1. The Bertz CT molecular complexity index is 651. The zero-order valence-electron chi connectivity index (χ0n) is 14.9. The molecule has 6 heteroatoms. The minimum absolute atomic E-state index is 0.659. The van der Waals surface area contributed by atoms with E-state index in [9.17, 15) is 0 Å². The average molecular weight is 347 g/mol. The first-order valence-corrected chi connectivity index (χ1v) is 9.12. The number of nitrogens with one attached hydrogen (secondary N) is 1. The maximum atomic E-state index is 5.49. The van der Waals surface area contributed by atoms with Crippen LogP contribution in [0.5, 0.6) is 5.75 Å². The Morgan fingerprint density at radius 3 is 2.62 bits per heavy atom. The van der Waals surface area contributed by atoms with Gasteiger partial charge in [-0.25, -0.2) is 9.98 Å². The average Bonchev–Trinajstić information content (AvgIpc) is 2.98. The molecule has 0 fully saturated rings. The maximum Gasteiger partial charge on any atom is 0.194 e. The van der Waals surface area contributed by atoms with Crippen LogP contribution in [0.2, 0.25) is 0 Å². The standard InChI is InChI=1S/C18H26N4OS/c1-5-19-18(20-11-17-14(3)21-13-24-17)22(4)12-15-7-9-16(10-8-15)23-6-2/h7-10,13H,5-6,11-12H2,1-4H3,(H,19,20). The maximum absolute atomic E-state index is 5.49. The monoisotopic (exact) mass is 346 g/mol. The summed E-state index contributed by atoms with van der Waals surface area (Å²) >= 11 is 1.65. The van der Waals surface area contributed by atoms with Gasteiger partial charge >= 0.3 is 0 Å². The third-order valence-corrected chi connectivity index (χ3v) is 4.49. The number of hydrogen-bond acceptors (Lipinski definition) is 4. The number of hydrogen-bond donors (Lipinski definition) is 1. The Balaban J connectivity index is 2.02. The smallest absolute Gasteiger partial charge is 0.194 e. The Labute approximate surface area is 148 Å². The van der Waals surface area contributed by atoms with Crippen molar-refractivity contribution in [2.75, 3.05) is 20.2 Å². The fourth-order valence-corrected chi connectivity index (χ4v) is 3.00. The molecular formula is C18H26N4OS. The van der Waals surface area contributed by atoms with Crippen LogP contribution in [0.1, 0.15) is 30.0 Å². The molecule has 2 aromatic rings. The molecule has 0 saturated carbocycles. The molecule has 1 N–H and O–H groups in total. The minimum Gasteiger partial charge on any atom is -0.494 e. The number of rotatable bonds is 7. The first-order valence-electron chi connectivity index (χ1n) is 8.24. The van der Waals surface area contributed by atoms with Crippen molar-refractivity contribution in [1.29, 1.82) is 0 Å². The zero-order chi connectivity index (χ0) is 17.4. The molecule has 0 saturated heterocycles. The predicted molar refractivity (Wildman–Crippen MR) is 101 cm³/mol. The lowest BCUT2D eigenvalue weighted by atomic mass is 10.2.